The number of hydrogen-bond acceptors (Lipinski definition) is 6. The average molecular weight is 327 g/mol. The number of hydrogen-bond donors (Lipinski definition) is 0. The Hall–Kier alpha value is -1.34. The largest absolute Gasteiger partial charge is 0.467 e. The third kappa shape index (κ3) is 3.04. The van der Waals surface area contributed by atoms with E-state index in [4.69, 9.17) is 18.9 Å². The highest BCUT2D eigenvalue weighted by atomic mass is 16.7. The molecule has 2 aliphatic heterocycles. The summed E-state index contributed by atoms with van der Waals surface area (Å²) in [4.78, 5) is 26.3. The summed E-state index contributed by atoms with van der Waals surface area (Å²) in [6.45, 7) is 7.06. The molecule has 1 saturated carbocycles. The van der Waals surface area contributed by atoms with Crippen molar-refractivity contribution in [2.45, 2.75) is 51.0 Å². The molecule has 3 rings (SSSR count). The quantitative estimate of drug-likeness (QED) is 0.680. The van der Waals surface area contributed by atoms with E-state index in [0.29, 0.717) is 32.6 Å². The van der Waals surface area contributed by atoms with Crippen molar-refractivity contribution in [2.75, 3.05) is 26.9 Å². The van der Waals surface area contributed by atoms with Crippen LogP contribution in [0.5, 0.6) is 0 Å². The lowest BCUT2D eigenvalue weighted by atomic mass is 9.94. The highest BCUT2D eigenvalue weighted by molar-refractivity contribution is 5.82. The van der Waals surface area contributed by atoms with Gasteiger partial charge in [-0.05, 0) is 26.7 Å². The van der Waals surface area contributed by atoms with E-state index in [-0.39, 0.29) is 11.8 Å². The Bertz CT molecular complexity index is 493. The normalized spacial score (nSPS) is 32.2. The molecule has 3 fully saturated rings. The number of ether oxygens (including phenoxy) is 4. The van der Waals surface area contributed by atoms with Gasteiger partial charge in [-0.1, -0.05) is 0 Å². The summed E-state index contributed by atoms with van der Waals surface area (Å²) in [6, 6.07) is -0.632. The van der Waals surface area contributed by atoms with Crippen molar-refractivity contribution in [3.05, 3.63) is 0 Å². The number of carbonyl (C=O) groups is 2. The molecule has 1 unspecified atom stereocenters. The topological polar surface area (TPSA) is 74.3 Å². The molecule has 1 aliphatic carbocycles. The molecule has 7 heteroatoms. The maximum atomic E-state index is 12.5. The lowest BCUT2D eigenvalue weighted by Crippen LogP contribution is -2.47. The lowest BCUT2D eigenvalue weighted by Gasteiger charge is -2.31. The molecule has 3 aliphatic rings. The smallest absolute Gasteiger partial charge is 0.411 e. The molecule has 0 aromatic rings. The predicted molar refractivity (Wildman–Crippen MR) is 79.6 cm³/mol. The highest BCUT2D eigenvalue weighted by Crippen LogP contribution is 2.51. The molecule has 0 N–H and O–H groups in total. The maximum Gasteiger partial charge on any atom is 0.411 e. The standard InChI is InChI=1S/C16H25NO6/c1-15(2,3)23-14(19)17-9-10-7-16(21-5-6-22-16)8-11(10)12(17)13(18)20-4/h10-12H,5-9H2,1-4H3/t10-,11-,12?/m1/s1. The summed E-state index contributed by atoms with van der Waals surface area (Å²) in [6.07, 6.45) is 0.839. The Morgan fingerprint density at radius 2 is 1.83 bits per heavy atom. The fourth-order valence-corrected chi connectivity index (χ4v) is 3.99. The zero-order valence-electron chi connectivity index (χ0n) is 14.2. The van der Waals surface area contributed by atoms with Crippen LogP contribution in [0.2, 0.25) is 0 Å². The molecule has 0 radical (unpaired) electrons. The molecule has 7 nitrogen and oxygen atoms in total. The van der Waals surface area contributed by atoms with E-state index in [1.807, 2.05) is 20.8 Å². The second-order valence-electron chi connectivity index (χ2n) is 7.54. The van der Waals surface area contributed by atoms with Crippen molar-refractivity contribution in [3.63, 3.8) is 0 Å². The van der Waals surface area contributed by atoms with E-state index in [1.54, 1.807) is 0 Å². The van der Waals surface area contributed by atoms with Crippen LogP contribution in [0, 0.1) is 11.8 Å². The third-order valence-electron chi connectivity index (χ3n) is 4.78. The van der Waals surface area contributed by atoms with Gasteiger partial charge in [0.05, 0.1) is 20.3 Å². The minimum atomic E-state index is -0.632. The van der Waals surface area contributed by atoms with Crippen LogP contribution < -0.4 is 0 Å². The molecular weight excluding hydrogens is 302 g/mol. The Balaban J connectivity index is 1.78. The van der Waals surface area contributed by atoms with Crippen LogP contribution in [0.25, 0.3) is 0 Å². The van der Waals surface area contributed by atoms with E-state index in [1.165, 1.54) is 12.0 Å². The summed E-state index contributed by atoms with van der Waals surface area (Å²) in [5, 5.41) is 0. The fraction of sp³-hybridized carbons (Fsp3) is 0.875. The average Bonchev–Trinajstić information content (AvgIpc) is 3.11. The minimum Gasteiger partial charge on any atom is -0.467 e. The van der Waals surface area contributed by atoms with Gasteiger partial charge in [-0.15, -0.1) is 0 Å². The van der Waals surface area contributed by atoms with Gasteiger partial charge in [-0.3, -0.25) is 4.90 Å². The molecule has 0 aromatic carbocycles. The SMILES string of the molecule is COC(=O)C1[C@@H]2CC3(C[C@@H]2CN1C(=O)OC(C)(C)C)OCCO3. The van der Waals surface area contributed by atoms with Crippen molar-refractivity contribution >= 4 is 12.1 Å². The fourth-order valence-electron chi connectivity index (χ4n) is 3.99. The van der Waals surface area contributed by atoms with Crippen LogP contribution in [0.1, 0.15) is 33.6 Å². The first kappa shape index (κ1) is 16.5. The van der Waals surface area contributed by atoms with E-state index >= 15 is 0 Å². The van der Waals surface area contributed by atoms with Gasteiger partial charge in [0, 0.05) is 25.3 Å². The summed E-state index contributed by atoms with van der Waals surface area (Å²) < 4.78 is 21.9. The molecule has 0 bridgehead atoms. The first-order valence-corrected chi connectivity index (χ1v) is 8.10. The summed E-state index contributed by atoms with van der Waals surface area (Å²) in [7, 11) is 1.34. The highest BCUT2D eigenvalue weighted by Gasteiger charge is 2.59. The molecule has 1 spiro atoms. The number of amides is 1. The third-order valence-corrected chi connectivity index (χ3v) is 4.78. The van der Waals surface area contributed by atoms with Crippen LogP contribution in [0.3, 0.4) is 0 Å². The van der Waals surface area contributed by atoms with Crippen molar-refractivity contribution in [1.82, 2.24) is 4.90 Å². The number of likely N-dealkylation sites (tertiary alicyclic amines) is 1. The Labute approximate surface area is 136 Å². The van der Waals surface area contributed by atoms with Crippen LogP contribution in [0.15, 0.2) is 0 Å². The first-order chi connectivity index (χ1) is 10.7. The molecular formula is C16H25NO6. The van der Waals surface area contributed by atoms with Crippen molar-refractivity contribution in [1.29, 1.82) is 0 Å². The number of methoxy groups -OCH3 is 1. The number of esters is 1. The second kappa shape index (κ2) is 5.63. The van der Waals surface area contributed by atoms with Gasteiger partial charge in [-0.2, -0.15) is 0 Å². The number of carbonyl (C=O) groups excluding carboxylic acids is 2. The zero-order valence-corrected chi connectivity index (χ0v) is 14.2. The number of nitrogens with zero attached hydrogens (tertiary/aromatic N) is 1. The molecule has 1 amide bonds. The van der Waals surface area contributed by atoms with Gasteiger partial charge in [0.2, 0.25) is 0 Å². The van der Waals surface area contributed by atoms with Gasteiger partial charge in [0.15, 0.2) is 5.79 Å². The van der Waals surface area contributed by atoms with Gasteiger partial charge in [0.25, 0.3) is 0 Å². The maximum absolute atomic E-state index is 12.5. The molecule has 2 heterocycles. The Morgan fingerprint density at radius 1 is 1.17 bits per heavy atom. The van der Waals surface area contributed by atoms with Gasteiger partial charge in [0.1, 0.15) is 11.6 Å². The van der Waals surface area contributed by atoms with Crippen LogP contribution >= 0.6 is 0 Å². The van der Waals surface area contributed by atoms with Crippen LogP contribution in [-0.4, -0.2) is 61.3 Å². The van der Waals surface area contributed by atoms with Crippen LogP contribution in [-0.2, 0) is 23.7 Å². The monoisotopic (exact) mass is 327 g/mol. The second-order valence-corrected chi connectivity index (χ2v) is 7.54. The molecule has 130 valence electrons. The van der Waals surface area contributed by atoms with E-state index in [9.17, 15) is 9.59 Å². The summed E-state index contributed by atoms with van der Waals surface area (Å²) in [5.41, 5.74) is -0.603. The Morgan fingerprint density at radius 3 is 2.39 bits per heavy atom. The Kier molecular flexibility index (Phi) is 4.04. The number of rotatable bonds is 1. The van der Waals surface area contributed by atoms with E-state index in [2.05, 4.69) is 0 Å². The van der Waals surface area contributed by atoms with Crippen molar-refractivity contribution in [3.8, 4) is 0 Å². The van der Waals surface area contributed by atoms with Crippen LogP contribution in [0.4, 0.5) is 4.79 Å². The lowest BCUT2D eigenvalue weighted by molar-refractivity contribution is -0.161. The molecule has 3 atom stereocenters. The minimum absolute atomic E-state index is 0.0203. The van der Waals surface area contributed by atoms with Gasteiger partial charge >= 0.3 is 12.1 Å². The predicted octanol–water partition coefficient (Wildman–Crippen LogP) is 1.55. The molecule has 2 saturated heterocycles. The first-order valence-electron chi connectivity index (χ1n) is 8.10. The molecule has 23 heavy (non-hydrogen) atoms. The zero-order chi connectivity index (χ0) is 16.8. The van der Waals surface area contributed by atoms with E-state index < -0.39 is 29.5 Å². The van der Waals surface area contributed by atoms with Gasteiger partial charge < -0.3 is 18.9 Å². The summed E-state index contributed by atoms with van der Waals surface area (Å²) in [5.74, 6) is -0.849. The van der Waals surface area contributed by atoms with Gasteiger partial charge in [-0.25, -0.2) is 9.59 Å². The van der Waals surface area contributed by atoms with Crippen molar-refractivity contribution in [2.24, 2.45) is 11.8 Å². The molecule has 0 aromatic heterocycles. The van der Waals surface area contributed by atoms with Crippen molar-refractivity contribution < 1.29 is 28.5 Å². The van der Waals surface area contributed by atoms with E-state index in [0.717, 1.165) is 0 Å². The summed E-state index contributed by atoms with van der Waals surface area (Å²) >= 11 is 0. The number of fused-ring (bicyclic) bond motifs is 1.